The molecule has 0 aromatic heterocycles. The highest BCUT2D eigenvalue weighted by molar-refractivity contribution is 7.82. The molecular weight excluding hydrogens is 144 g/mol. The van der Waals surface area contributed by atoms with Crippen molar-refractivity contribution in [3.05, 3.63) is 24.4 Å². The Labute approximate surface area is 65.6 Å². The predicted octanol–water partition coefficient (Wildman–Crippen LogP) is 1.20. The summed E-state index contributed by atoms with van der Waals surface area (Å²) in [6, 6.07) is 2.05. The number of dihydropyridines is 1. The molecule has 1 N–H and O–H groups in total. The standard InChI is InChI=1S/C7H8N2S/c8-5-4-7(10)3-1-2-6-9-7/h1-3,6,9-10H,4H2. The van der Waals surface area contributed by atoms with Gasteiger partial charge in [0.2, 0.25) is 0 Å². The SMILES string of the molecule is N#CCC1(S)C=CC=CN1. The lowest BCUT2D eigenvalue weighted by atomic mass is 10.1. The highest BCUT2D eigenvalue weighted by Gasteiger charge is 2.20. The van der Waals surface area contributed by atoms with E-state index in [4.69, 9.17) is 5.26 Å². The van der Waals surface area contributed by atoms with Crippen molar-refractivity contribution < 1.29 is 0 Å². The van der Waals surface area contributed by atoms with Crippen LogP contribution >= 0.6 is 12.6 Å². The maximum atomic E-state index is 8.39. The highest BCUT2D eigenvalue weighted by atomic mass is 32.1. The normalized spacial score (nSPS) is 29.2. The van der Waals surface area contributed by atoms with Gasteiger partial charge in [-0.25, -0.2) is 0 Å². The molecule has 0 spiro atoms. The Balaban J connectivity index is 2.63. The molecule has 0 saturated heterocycles. The Kier molecular flexibility index (Phi) is 2.03. The Morgan fingerprint density at radius 1 is 1.60 bits per heavy atom. The van der Waals surface area contributed by atoms with E-state index in [-0.39, 0.29) is 0 Å². The van der Waals surface area contributed by atoms with Gasteiger partial charge in [0, 0.05) is 0 Å². The molecule has 0 aromatic rings. The number of allylic oxidation sites excluding steroid dienone is 2. The van der Waals surface area contributed by atoms with E-state index in [9.17, 15) is 0 Å². The minimum absolute atomic E-state index is 0.372. The number of nitrogens with zero attached hydrogens (tertiary/aromatic N) is 1. The fourth-order valence-electron chi connectivity index (χ4n) is 0.741. The van der Waals surface area contributed by atoms with Crippen molar-refractivity contribution in [2.45, 2.75) is 11.3 Å². The first-order valence-corrected chi connectivity index (χ1v) is 3.43. The van der Waals surface area contributed by atoms with Crippen LogP contribution in [0.4, 0.5) is 0 Å². The number of hydrogen-bond acceptors (Lipinski definition) is 3. The molecule has 10 heavy (non-hydrogen) atoms. The maximum absolute atomic E-state index is 8.39. The molecule has 2 nitrogen and oxygen atoms in total. The maximum Gasteiger partial charge on any atom is 0.112 e. The van der Waals surface area contributed by atoms with E-state index in [0.29, 0.717) is 6.42 Å². The summed E-state index contributed by atoms with van der Waals surface area (Å²) in [4.78, 5) is -0.455. The van der Waals surface area contributed by atoms with Gasteiger partial charge in [-0.3, -0.25) is 0 Å². The molecule has 1 aliphatic rings. The molecule has 3 heteroatoms. The lowest BCUT2D eigenvalue weighted by Crippen LogP contribution is -2.34. The van der Waals surface area contributed by atoms with Gasteiger partial charge >= 0.3 is 0 Å². The summed E-state index contributed by atoms with van der Waals surface area (Å²) in [5.74, 6) is 0. The summed E-state index contributed by atoms with van der Waals surface area (Å²) in [5, 5.41) is 11.4. The molecule has 0 fully saturated rings. The molecule has 0 saturated carbocycles. The summed E-state index contributed by atoms with van der Waals surface area (Å²) < 4.78 is 0. The van der Waals surface area contributed by atoms with Crippen molar-refractivity contribution >= 4 is 12.6 Å². The Bertz CT molecular complexity index is 214. The van der Waals surface area contributed by atoms with Gasteiger partial charge in [-0.05, 0) is 18.4 Å². The van der Waals surface area contributed by atoms with Gasteiger partial charge in [-0.2, -0.15) is 5.26 Å². The van der Waals surface area contributed by atoms with E-state index in [1.165, 1.54) is 0 Å². The largest absolute Gasteiger partial charge is 0.373 e. The van der Waals surface area contributed by atoms with Crippen molar-refractivity contribution in [1.29, 1.82) is 5.26 Å². The minimum atomic E-state index is -0.455. The second kappa shape index (κ2) is 2.80. The van der Waals surface area contributed by atoms with E-state index in [0.717, 1.165) is 0 Å². The zero-order valence-corrected chi connectivity index (χ0v) is 6.31. The molecule has 1 atom stereocenters. The van der Waals surface area contributed by atoms with Crippen molar-refractivity contribution in [3.63, 3.8) is 0 Å². The zero-order chi connectivity index (χ0) is 7.45. The van der Waals surface area contributed by atoms with Crippen molar-refractivity contribution in [3.8, 4) is 6.07 Å². The number of nitriles is 1. The van der Waals surface area contributed by atoms with Crippen LogP contribution in [-0.2, 0) is 0 Å². The summed E-state index contributed by atoms with van der Waals surface area (Å²) >= 11 is 4.26. The molecule has 52 valence electrons. The summed E-state index contributed by atoms with van der Waals surface area (Å²) in [5.41, 5.74) is 0. The number of nitrogens with one attached hydrogen (secondary N) is 1. The molecule has 1 unspecified atom stereocenters. The third-order valence-electron chi connectivity index (χ3n) is 1.26. The van der Waals surface area contributed by atoms with E-state index < -0.39 is 4.87 Å². The molecule has 1 rings (SSSR count). The molecule has 1 heterocycles. The Hall–Kier alpha value is -0.880. The first-order valence-electron chi connectivity index (χ1n) is 2.98. The van der Waals surface area contributed by atoms with Crippen LogP contribution in [0.2, 0.25) is 0 Å². The van der Waals surface area contributed by atoms with Crippen molar-refractivity contribution in [1.82, 2.24) is 5.32 Å². The van der Waals surface area contributed by atoms with E-state index in [2.05, 4.69) is 24.0 Å². The molecule has 0 aliphatic carbocycles. The van der Waals surface area contributed by atoms with Crippen LogP contribution in [0, 0.1) is 11.3 Å². The molecular formula is C7H8N2S. The van der Waals surface area contributed by atoms with Crippen LogP contribution in [0.1, 0.15) is 6.42 Å². The average molecular weight is 152 g/mol. The second-order valence-corrected chi connectivity index (χ2v) is 2.92. The Morgan fingerprint density at radius 2 is 2.40 bits per heavy atom. The van der Waals surface area contributed by atoms with Crippen LogP contribution in [0.25, 0.3) is 0 Å². The molecule has 1 aliphatic heterocycles. The van der Waals surface area contributed by atoms with E-state index in [1.807, 2.05) is 18.2 Å². The fraction of sp³-hybridized carbons (Fsp3) is 0.286. The molecule has 0 aromatic carbocycles. The first kappa shape index (κ1) is 7.23. The van der Waals surface area contributed by atoms with Crippen LogP contribution in [0.5, 0.6) is 0 Å². The highest BCUT2D eigenvalue weighted by Crippen LogP contribution is 2.18. The first-order chi connectivity index (χ1) is 4.77. The minimum Gasteiger partial charge on any atom is -0.373 e. The number of hydrogen-bond donors (Lipinski definition) is 2. The van der Waals surface area contributed by atoms with Gasteiger partial charge in [0.1, 0.15) is 4.87 Å². The smallest absolute Gasteiger partial charge is 0.112 e. The average Bonchev–Trinajstić information content (AvgIpc) is 1.89. The number of thiol groups is 1. The summed E-state index contributed by atoms with van der Waals surface area (Å²) in [7, 11) is 0. The van der Waals surface area contributed by atoms with Gasteiger partial charge < -0.3 is 5.32 Å². The molecule has 0 bridgehead atoms. The quantitative estimate of drug-likeness (QED) is 0.554. The lowest BCUT2D eigenvalue weighted by Gasteiger charge is -2.23. The third-order valence-corrected chi connectivity index (χ3v) is 1.70. The van der Waals surface area contributed by atoms with Crippen molar-refractivity contribution in [2.75, 3.05) is 0 Å². The lowest BCUT2D eigenvalue weighted by molar-refractivity contribution is 0.655. The Morgan fingerprint density at radius 3 is 2.90 bits per heavy atom. The van der Waals surface area contributed by atoms with Crippen LogP contribution in [0.15, 0.2) is 24.4 Å². The van der Waals surface area contributed by atoms with Gasteiger partial charge in [0.25, 0.3) is 0 Å². The number of rotatable bonds is 1. The fourth-order valence-corrected chi connectivity index (χ4v) is 0.973. The third kappa shape index (κ3) is 1.55. The van der Waals surface area contributed by atoms with Gasteiger partial charge in [0.05, 0.1) is 12.5 Å². The van der Waals surface area contributed by atoms with Crippen LogP contribution in [0.3, 0.4) is 0 Å². The molecule has 0 radical (unpaired) electrons. The van der Waals surface area contributed by atoms with E-state index >= 15 is 0 Å². The van der Waals surface area contributed by atoms with Crippen molar-refractivity contribution in [2.24, 2.45) is 0 Å². The zero-order valence-electron chi connectivity index (χ0n) is 5.41. The summed E-state index contributed by atoms with van der Waals surface area (Å²) in [6.45, 7) is 0. The predicted molar refractivity (Wildman–Crippen MR) is 43.4 cm³/mol. The van der Waals surface area contributed by atoms with Gasteiger partial charge in [-0.1, -0.05) is 6.08 Å². The topological polar surface area (TPSA) is 35.8 Å². The molecule has 0 amide bonds. The monoisotopic (exact) mass is 152 g/mol. The van der Waals surface area contributed by atoms with Crippen LogP contribution in [-0.4, -0.2) is 4.87 Å². The van der Waals surface area contributed by atoms with Gasteiger partial charge in [0.15, 0.2) is 0 Å². The van der Waals surface area contributed by atoms with Crippen LogP contribution < -0.4 is 5.32 Å². The summed E-state index contributed by atoms with van der Waals surface area (Å²) in [6.07, 6.45) is 7.76. The van der Waals surface area contributed by atoms with Gasteiger partial charge in [-0.15, -0.1) is 12.6 Å². The second-order valence-electron chi connectivity index (χ2n) is 2.12. The van der Waals surface area contributed by atoms with E-state index in [1.54, 1.807) is 6.20 Å².